The fraction of sp³-hybridized carbons (Fsp3) is 0.0732. The smallest absolute Gasteiger partial charge is 0.243 e. The summed E-state index contributed by atoms with van der Waals surface area (Å²) in [6.45, 7) is 0. The fourth-order valence-corrected chi connectivity index (χ4v) is 7.76. The third-order valence-corrected chi connectivity index (χ3v) is 9.78. The Bertz CT molecular complexity index is 2900. The zero-order valence-corrected chi connectivity index (χ0v) is 26.7. The third-order valence-electron chi connectivity index (χ3n) is 9.78. The van der Waals surface area contributed by atoms with Gasteiger partial charge in [-0.3, -0.25) is 4.57 Å². The van der Waals surface area contributed by atoms with Crippen molar-refractivity contribution >= 4 is 65.4 Å². The molecule has 10 aromatic rings. The lowest BCUT2D eigenvalue weighted by Crippen LogP contribution is -2.27. The Labute approximate surface area is 275 Å². The standard InChI is InChI=1S/C41H30N6O/c1-43-21-22-46(25-43)26-11-10-12-27(23-26)48-28-18-19-31-34(24-28)47(35-17-8-9-20-42-35)41-37(31)36-29-13-4-6-15-32(29)44(2)39(36)38-30-14-5-7-16-33(30)45(3)40(38)41/h4-24H,1-3H3. The highest BCUT2D eigenvalue weighted by atomic mass is 16.5. The summed E-state index contributed by atoms with van der Waals surface area (Å²) in [6.07, 6.45) is 9.09. The van der Waals surface area contributed by atoms with Crippen LogP contribution >= 0.6 is 0 Å². The zero-order valence-electron chi connectivity index (χ0n) is 26.7. The van der Waals surface area contributed by atoms with E-state index in [4.69, 9.17) is 9.72 Å². The lowest BCUT2D eigenvalue weighted by molar-refractivity contribution is -0.599. The molecule has 10 rings (SSSR count). The van der Waals surface area contributed by atoms with E-state index < -0.39 is 0 Å². The van der Waals surface area contributed by atoms with Gasteiger partial charge in [0, 0.05) is 82.1 Å². The highest BCUT2D eigenvalue weighted by Crippen LogP contribution is 2.48. The van der Waals surface area contributed by atoms with Gasteiger partial charge in [-0.15, -0.1) is 0 Å². The highest BCUT2D eigenvalue weighted by Gasteiger charge is 2.27. The average Bonchev–Trinajstić information content (AvgIpc) is 3.86. The summed E-state index contributed by atoms with van der Waals surface area (Å²) in [6, 6.07) is 38.1. The Balaban J connectivity index is 1.34. The van der Waals surface area contributed by atoms with Crippen molar-refractivity contribution in [3.05, 3.63) is 134 Å². The van der Waals surface area contributed by atoms with E-state index in [-0.39, 0.29) is 0 Å². The Kier molecular flexibility index (Phi) is 5.50. The van der Waals surface area contributed by atoms with Gasteiger partial charge in [0.1, 0.15) is 17.3 Å². The second kappa shape index (κ2) is 9.83. The van der Waals surface area contributed by atoms with Crippen LogP contribution in [0.2, 0.25) is 0 Å². The number of pyridine rings is 1. The van der Waals surface area contributed by atoms with Gasteiger partial charge >= 0.3 is 0 Å². The number of aromatic nitrogens is 6. The summed E-state index contributed by atoms with van der Waals surface area (Å²) in [5, 5.41) is 7.34. The Morgan fingerprint density at radius 3 is 2.04 bits per heavy atom. The molecule has 48 heavy (non-hydrogen) atoms. The summed E-state index contributed by atoms with van der Waals surface area (Å²) in [5.74, 6) is 2.37. The molecule has 5 heterocycles. The summed E-state index contributed by atoms with van der Waals surface area (Å²) >= 11 is 0. The van der Waals surface area contributed by atoms with E-state index in [1.54, 1.807) is 0 Å². The molecule has 0 N–H and O–H groups in total. The second-order valence-corrected chi connectivity index (χ2v) is 12.5. The van der Waals surface area contributed by atoms with Gasteiger partial charge in [-0.25, -0.2) is 4.98 Å². The Hall–Kier alpha value is -6.34. The number of para-hydroxylation sites is 2. The van der Waals surface area contributed by atoms with Gasteiger partial charge in [0.25, 0.3) is 0 Å². The molecule has 7 nitrogen and oxygen atoms in total. The van der Waals surface area contributed by atoms with E-state index in [9.17, 15) is 0 Å². The fourth-order valence-electron chi connectivity index (χ4n) is 7.76. The first-order chi connectivity index (χ1) is 23.6. The summed E-state index contributed by atoms with van der Waals surface area (Å²) in [7, 11) is 6.34. The molecular weight excluding hydrogens is 592 g/mol. The number of rotatable bonds is 4. The van der Waals surface area contributed by atoms with Crippen molar-refractivity contribution in [1.82, 2.24) is 23.3 Å². The number of ether oxygens (including phenoxy) is 1. The number of hydrogen-bond donors (Lipinski definition) is 0. The molecular formula is C41H30N6O. The summed E-state index contributed by atoms with van der Waals surface area (Å²) in [4.78, 5) is 4.92. The van der Waals surface area contributed by atoms with E-state index in [0.717, 1.165) is 39.4 Å². The van der Waals surface area contributed by atoms with Crippen LogP contribution in [0.25, 0.3) is 76.9 Å². The molecule has 5 aromatic heterocycles. The molecule has 0 radical (unpaired) electrons. The van der Waals surface area contributed by atoms with Crippen molar-refractivity contribution in [2.75, 3.05) is 0 Å². The molecule has 0 saturated carbocycles. The molecule has 7 heteroatoms. The average molecular weight is 623 g/mol. The van der Waals surface area contributed by atoms with Crippen LogP contribution in [0.5, 0.6) is 11.5 Å². The van der Waals surface area contributed by atoms with Crippen LogP contribution in [0.15, 0.2) is 128 Å². The molecule has 0 spiro atoms. The zero-order chi connectivity index (χ0) is 32.1. The van der Waals surface area contributed by atoms with Gasteiger partial charge < -0.3 is 23.0 Å². The maximum atomic E-state index is 6.59. The van der Waals surface area contributed by atoms with Crippen LogP contribution in [0.4, 0.5) is 0 Å². The van der Waals surface area contributed by atoms with E-state index in [0.29, 0.717) is 0 Å². The molecule has 230 valence electrons. The van der Waals surface area contributed by atoms with Gasteiger partial charge in [-0.05, 0) is 48.5 Å². The number of benzene rings is 5. The van der Waals surface area contributed by atoms with Gasteiger partial charge in [0.15, 0.2) is 0 Å². The molecule has 0 atom stereocenters. The number of hydrogen-bond acceptors (Lipinski definition) is 2. The molecule has 0 amide bonds. The van der Waals surface area contributed by atoms with Crippen LogP contribution in [0, 0.1) is 6.33 Å². The normalized spacial score (nSPS) is 12.1. The number of nitrogens with zero attached hydrogens (tertiary/aromatic N) is 6. The summed E-state index contributed by atoms with van der Waals surface area (Å²) in [5.41, 5.74) is 7.98. The first-order valence-electron chi connectivity index (χ1n) is 16.1. The molecule has 0 unspecified atom stereocenters. The van der Waals surface area contributed by atoms with E-state index >= 15 is 0 Å². The molecule has 0 bridgehead atoms. The van der Waals surface area contributed by atoms with Gasteiger partial charge in [0.05, 0.1) is 34.8 Å². The first kappa shape index (κ1) is 26.8. The summed E-state index contributed by atoms with van der Waals surface area (Å²) < 4.78 is 17.5. The van der Waals surface area contributed by atoms with Crippen LogP contribution in [0.1, 0.15) is 0 Å². The van der Waals surface area contributed by atoms with E-state index in [2.05, 4.69) is 119 Å². The highest BCUT2D eigenvalue weighted by molar-refractivity contribution is 6.40. The molecule has 0 saturated heterocycles. The minimum Gasteiger partial charge on any atom is -0.458 e. The Morgan fingerprint density at radius 1 is 0.604 bits per heavy atom. The van der Waals surface area contributed by atoms with Crippen molar-refractivity contribution in [3.8, 4) is 23.0 Å². The maximum Gasteiger partial charge on any atom is 0.243 e. The second-order valence-electron chi connectivity index (χ2n) is 12.5. The molecule has 5 aromatic carbocycles. The maximum absolute atomic E-state index is 6.59. The largest absolute Gasteiger partial charge is 0.458 e. The Morgan fingerprint density at radius 2 is 1.29 bits per heavy atom. The van der Waals surface area contributed by atoms with E-state index in [1.165, 1.54) is 49.0 Å². The van der Waals surface area contributed by atoms with Crippen LogP contribution in [-0.4, -0.2) is 23.3 Å². The van der Waals surface area contributed by atoms with Crippen molar-refractivity contribution in [3.63, 3.8) is 0 Å². The quantitative estimate of drug-likeness (QED) is 0.146. The van der Waals surface area contributed by atoms with E-state index in [1.807, 2.05) is 59.0 Å². The van der Waals surface area contributed by atoms with Crippen LogP contribution in [-0.2, 0) is 21.1 Å². The minimum atomic E-state index is 0.754. The van der Waals surface area contributed by atoms with Crippen LogP contribution in [0.3, 0.4) is 0 Å². The topological polar surface area (TPSA) is 45.7 Å². The molecule has 0 aliphatic carbocycles. The van der Waals surface area contributed by atoms with Gasteiger partial charge in [0.2, 0.25) is 6.33 Å². The van der Waals surface area contributed by atoms with Crippen molar-refractivity contribution in [1.29, 1.82) is 0 Å². The lowest BCUT2D eigenvalue weighted by Gasteiger charge is -2.11. The molecule has 0 aliphatic heterocycles. The van der Waals surface area contributed by atoms with Crippen molar-refractivity contribution in [2.24, 2.45) is 21.1 Å². The van der Waals surface area contributed by atoms with Crippen molar-refractivity contribution in [2.45, 2.75) is 0 Å². The minimum absolute atomic E-state index is 0.754. The predicted molar refractivity (Wildman–Crippen MR) is 192 cm³/mol. The monoisotopic (exact) mass is 622 g/mol. The van der Waals surface area contributed by atoms with Crippen LogP contribution < -0.4 is 9.30 Å². The number of fused-ring (bicyclic) bond motifs is 12. The molecule has 0 aliphatic rings. The number of imidazole rings is 1. The third kappa shape index (κ3) is 3.64. The number of aryl methyl sites for hydroxylation is 3. The van der Waals surface area contributed by atoms with Crippen molar-refractivity contribution < 1.29 is 9.30 Å². The lowest BCUT2D eigenvalue weighted by atomic mass is 10.0. The first-order valence-corrected chi connectivity index (χ1v) is 16.1. The predicted octanol–water partition coefficient (Wildman–Crippen LogP) is 8.68. The SMILES string of the molecule is Cn1[c-][n+](-c2cccc(Oc3ccc4c5c6c7ccccc7n(C)c6c6c7ccccc7n(C)c6c5n(-c5ccccn5)c4c3)c2)cc1. The van der Waals surface area contributed by atoms with Gasteiger partial charge in [-0.1, -0.05) is 54.6 Å². The van der Waals surface area contributed by atoms with Gasteiger partial charge in [-0.2, -0.15) is 0 Å². The molecule has 0 fully saturated rings.